The second kappa shape index (κ2) is 5.66. The van der Waals surface area contributed by atoms with Crippen LogP contribution < -0.4 is 0 Å². The van der Waals surface area contributed by atoms with Gasteiger partial charge in [-0.25, -0.2) is 0 Å². The Morgan fingerprint density at radius 2 is 2.06 bits per heavy atom. The Labute approximate surface area is 97.1 Å². The SMILES string of the molecule is OC(/C=C/c1ccccc1)C1C=CCCC1. The van der Waals surface area contributed by atoms with Crippen LogP contribution in [0.4, 0.5) is 0 Å². The molecular weight excluding hydrogens is 196 g/mol. The van der Waals surface area contributed by atoms with Gasteiger partial charge in [0, 0.05) is 5.92 Å². The molecule has 1 aromatic carbocycles. The van der Waals surface area contributed by atoms with E-state index in [0.29, 0.717) is 5.92 Å². The molecule has 1 heteroatoms. The fourth-order valence-corrected chi connectivity index (χ4v) is 2.04. The van der Waals surface area contributed by atoms with Crippen molar-refractivity contribution < 1.29 is 5.11 Å². The van der Waals surface area contributed by atoms with Crippen LogP contribution in [0.1, 0.15) is 24.8 Å². The zero-order chi connectivity index (χ0) is 11.2. The summed E-state index contributed by atoms with van der Waals surface area (Å²) < 4.78 is 0. The van der Waals surface area contributed by atoms with Crippen molar-refractivity contribution in [1.82, 2.24) is 0 Å². The Kier molecular flexibility index (Phi) is 3.95. The van der Waals surface area contributed by atoms with Crippen molar-refractivity contribution in [1.29, 1.82) is 0 Å². The first-order valence-electron chi connectivity index (χ1n) is 5.94. The van der Waals surface area contributed by atoms with Gasteiger partial charge in [-0.1, -0.05) is 54.6 Å². The lowest BCUT2D eigenvalue weighted by molar-refractivity contribution is 0.168. The van der Waals surface area contributed by atoms with Gasteiger partial charge < -0.3 is 5.11 Å². The molecule has 1 nitrogen and oxygen atoms in total. The van der Waals surface area contributed by atoms with Crippen LogP contribution in [0.2, 0.25) is 0 Å². The third-order valence-electron chi connectivity index (χ3n) is 3.02. The minimum atomic E-state index is -0.350. The molecule has 1 aliphatic carbocycles. The van der Waals surface area contributed by atoms with Gasteiger partial charge in [-0.2, -0.15) is 0 Å². The van der Waals surface area contributed by atoms with E-state index in [2.05, 4.69) is 12.2 Å². The monoisotopic (exact) mass is 214 g/mol. The van der Waals surface area contributed by atoms with Crippen LogP contribution in [0, 0.1) is 5.92 Å². The van der Waals surface area contributed by atoms with Gasteiger partial charge in [-0.05, 0) is 24.8 Å². The van der Waals surface area contributed by atoms with Crippen molar-refractivity contribution in [2.45, 2.75) is 25.4 Å². The summed E-state index contributed by atoms with van der Waals surface area (Å²) in [7, 11) is 0. The quantitative estimate of drug-likeness (QED) is 0.764. The third kappa shape index (κ3) is 3.07. The number of allylic oxidation sites excluding steroid dienone is 1. The van der Waals surface area contributed by atoms with E-state index in [4.69, 9.17) is 0 Å². The molecule has 0 saturated carbocycles. The Balaban J connectivity index is 1.96. The normalized spacial score (nSPS) is 22.4. The maximum atomic E-state index is 10.00. The molecule has 0 radical (unpaired) electrons. The van der Waals surface area contributed by atoms with Crippen LogP contribution in [0.15, 0.2) is 48.6 Å². The average molecular weight is 214 g/mol. The predicted octanol–water partition coefficient (Wildman–Crippen LogP) is 3.42. The average Bonchev–Trinajstić information content (AvgIpc) is 2.38. The number of hydrogen-bond acceptors (Lipinski definition) is 1. The molecule has 0 amide bonds. The molecule has 1 aromatic rings. The molecule has 84 valence electrons. The van der Waals surface area contributed by atoms with E-state index in [1.54, 1.807) is 0 Å². The Morgan fingerprint density at radius 3 is 2.75 bits per heavy atom. The van der Waals surface area contributed by atoms with Crippen molar-refractivity contribution >= 4 is 6.08 Å². The zero-order valence-electron chi connectivity index (χ0n) is 9.42. The van der Waals surface area contributed by atoms with Crippen molar-refractivity contribution in [3.63, 3.8) is 0 Å². The highest BCUT2D eigenvalue weighted by molar-refractivity contribution is 5.49. The molecule has 2 unspecified atom stereocenters. The predicted molar refractivity (Wildman–Crippen MR) is 68.0 cm³/mol. The van der Waals surface area contributed by atoms with E-state index in [0.717, 1.165) is 18.4 Å². The molecular formula is C15H18O. The smallest absolute Gasteiger partial charge is 0.0786 e. The van der Waals surface area contributed by atoms with Gasteiger partial charge in [0.05, 0.1) is 6.10 Å². The molecule has 2 atom stereocenters. The largest absolute Gasteiger partial charge is 0.388 e. The van der Waals surface area contributed by atoms with Crippen LogP contribution >= 0.6 is 0 Å². The molecule has 0 heterocycles. The van der Waals surface area contributed by atoms with Gasteiger partial charge in [-0.3, -0.25) is 0 Å². The van der Waals surface area contributed by atoms with E-state index in [9.17, 15) is 5.11 Å². The number of aliphatic hydroxyl groups is 1. The highest BCUT2D eigenvalue weighted by atomic mass is 16.3. The topological polar surface area (TPSA) is 20.2 Å². The third-order valence-corrected chi connectivity index (χ3v) is 3.02. The van der Waals surface area contributed by atoms with Crippen LogP contribution in [0.5, 0.6) is 0 Å². The van der Waals surface area contributed by atoms with Crippen LogP contribution in [0.25, 0.3) is 6.08 Å². The number of hydrogen-bond donors (Lipinski definition) is 1. The molecule has 16 heavy (non-hydrogen) atoms. The number of benzene rings is 1. The van der Waals surface area contributed by atoms with Crippen LogP contribution in [-0.4, -0.2) is 11.2 Å². The Bertz CT molecular complexity index is 364. The summed E-state index contributed by atoms with van der Waals surface area (Å²) >= 11 is 0. The summed E-state index contributed by atoms with van der Waals surface area (Å²) in [6.45, 7) is 0. The second-order valence-electron chi connectivity index (χ2n) is 4.28. The van der Waals surface area contributed by atoms with E-state index < -0.39 is 0 Å². The van der Waals surface area contributed by atoms with Crippen molar-refractivity contribution in [3.8, 4) is 0 Å². The van der Waals surface area contributed by atoms with Crippen molar-refractivity contribution in [2.24, 2.45) is 5.92 Å². The van der Waals surface area contributed by atoms with Crippen LogP contribution in [-0.2, 0) is 0 Å². The van der Waals surface area contributed by atoms with Gasteiger partial charge in [-0.15, -0.1) is 0 Å². The van der Waals surface area contributed by atoms with Gasteiger partial charge in [0.15, 0.2) is 0 Å². The number of rotatable bonds is 3. The summed E-state index contributed by atoms with van der Waals surface area (Å²) in [6.07, 6.45) is 11.3. The molecule has 0 aliphatic heterocycles. The minimum absolute atomic E-state index is 0.300. The Hall–Kier alpha value is -1.34. The lowest BCUT2D eigenvalue weighted by atomic mass is 9.90. The molecule has 1 aliphatic rings. The van der Waals surface area contributed by atoms with Crippen molar-refractivity contribution in [3.05, 3.63) is 54.1 Å². The van der Waals surface area contributed by atoms with E-state index in [-0.39, 0.29) is 6.10 Å². The van der Waals surface area contributed by atoms with Crippen LogP contribution in [0.3, 0.4) is 0 Å². The summed E-state index contributed by atoms with van der Waals surface area (Å²) in [4.78, 5) is 0. The molecule has 0 aromatic heterocycles. The van der Waals surface area contributed by atoms with Gasteiger partial charge >= 0.3 is 0 Å². The molecule has 2 rings (SSSR count). The summed E-state index contributed by atoms with van der Waals surface area (Å²) in [5, 5.41) is 10.00. The zero-order valence-corrected chi connectivity index (χ0v) is 9.42. The second-order valence-corrected chi connectivity index (χ2v) is 4.28. The molecule has 0 saturated heterocycles. The summed E-state index contributed by atoms with van der Waals surface area (Å²) in [6, 6.07) is 10.1. The van der Waals surface area contributed by atoms with Gasteiger partial charge in [0.25, 0.3) is 0 Å². The first-order chi connectivity index (χ1) is 7.86. The van der Waals surface area contributed by atoms with E-state index in [1.165, 1.54) is 6.42 Å². The highest BCUT2D eigenvalue weighted by Crippen LogP contribution is 2.21. The maximum Gasteiger partial charge on any atom is 0.0786 e. The maximum absolute atomic E-state index is 10.00. The molecule has 0 spiro atoms. The van der Waals surface area contributed by atoms with Gasteiger partial charge in [0.1, 0.15) is 0 Å². The lowest BCUT2D eigenvalue weighted by Gasteiger charge is -2.19. The standard InChI is InChI=1S/C15H18O/c16-15(14-9-5-2-6-10-14)12-11-13-7-3-1-4-8-13/h1,3-5,7-9,11-12,14-16H,2,6,10H2/b12-11+. The first-order valence-corrected chi connectivity index (χ1v) is 5.94. The highest BCUT2D eigenvalue weighted by Gasteiger charge is 2.15. The van der Waals surface area contributed by atoms with E-state index in [1.807, 2.05) is 42.5 Å². The van der Waals surface area contributed by atoms with E-state index >= 15 is 0 Å². The molecule has 1 N–H and O–H groups in total. The molecule has 0 bridgehead atoms. The van der Waals surface area contributed by atoms with Crippen molar-refractivity contribution in [2.75, 3.05) is 0 Å². The summed E-state index contributed by atoms with van der Waals surface area (Å²) in [5.74, 6) is 0.300. The van der Waals surface area contributed by atoms with Gasteiger partial charge in [0.2, 0.25) is 0 Å². The lowest BCUT2D eigenvalue weighted by Crippen LogP contribution is -2.17. The summed E-state index contributed by atoms with van der Waals surface area (Å²) in [5.41, 5.74) is 1.14. The number of aliphatic hydroxyl groups excluding tert-OH is 1. The fourth-order valence-electron chi connectivity index (χ4n) is 2.04. The first kappa shape index (κ1) is 11.2. The Morgan fingerprint density at radius 1 is 1.25 bits per heavy atom. The minimum Gasteiger partial charge on any atom is -0.388 e. The molecule has 0 fully saturated rings. The fraction of sp³-hybridized carbons (Fsp3) is 0.333.